The molecule has 0 saturated carbocycles. The van der Waals surface area contributed by atoms with Crippen molar-refractivity contribution >= 4 is 5.91 Å². The average molecular weight is 332 g/mol. The summed E-state index contributed by atoms with van der Waals surface area (Å²) in [5, 5.41) is 3.03. The van der Waals surface area contributed by atoms with E-state index >= 15 is 0 Å². The van der Waals surface area contributed by atoms with Crippen molar-refractivity contribution in [1.82, 2.24) is 10.2 Å². The van der Waals surface area contributed by atoms with Gasteiger partial charge in [-0.05, 0) is 95.8 Å². The predicted octanol–water partition coefficient (Wildman–Crippen LogP) is 3.23. The van der Waals surface area contributed by atoms with E-state index in [2.05, 4.69) is 30.3 Å². The Bertz CT molecular complexity index is 563. The first-order valence-corrected chi connectivity index (χ1v) is 9.07. The molecule has 1 aliphatic heterocycles. The van der Waals surface area contributed by atoms with Crippen LogP contribution in [-0.4, -0.2) is 43.6 Å². The third kappa shape index (κ3) is 5.23. The number of nitrogens with zero attached hydrogens (tertiary/aromatic N) is 1. The quantitative estimate of drug-likeness (QED) is 0.869. The lowest BCUT2D eigenvalue weighted by molar-refractivity contribution is -0.127. The van der Waals surface area contributed by atoms with Crippen molar-refractivity contribution in [2.75, 3.05) is 26.7 Å². The fourth-order valence-corrected chi connectivity index (χ4v) is 3.26. The van der Waals surface area contributed by atoms with Crippen molar-refractivity contribution in [3.8, 4) is 5.75 Å². The maximum atomic E-state index is 12.3. The number of carbonyl (C=O) groups excluding carboxylic acids is 1. The summed E-state index contributed by atoms with van der Waals surface area (Å²) >= 11 is 0. The number of piperidine rings is 1. The third-order valence-corrected chi connectivity index (χ3v) is 5.13. The standard InChI is InChI=1S/C20H32N2O2/c1-14-12-15(2)16(3)19(13-14)24-17(4)20(23)21-9-6-18-7-10-22(5)11-8-18/h12-13,17-18H,6-11H2,1-5H3,(H,21,23)/t17-/m0/s1. The average Bonchev–Trinajstić information content (AvgIpc) is 2.53. The Kier molecular flexibility index (Phi) is 6.67. The molecule has 24 heavy (non-hydrogen) atoms. The molecule has 1 fully saturated rings. The zero-order valence-corrected chi connectivity index (χ0v) is 15.8. The number of carbonyl (C=O) groups is 1. The van der Waals surface area contributed by atoms with Gasteiger partial charge in [0.15, 0.2) is 6.10 Å². The molecule has 0 radical (unpaired) electrons. The van der Waals surface area contributed by atoms with Crippen molar-refractivity contribution in [3.63, 3.8) is 0 Å². The largest absolute Gasteiger partial charge is 0.481 e. The van der Waals surface area contributed by atoms with Crippen LogP contribution in [-0.2, 0) is 4.79 Å². The lowest BCUT2D eigenvalue weighted by atomic mass is 9.94. The minimum absolute atomic E-state index is 0.0264. The highest BCUT2D eigenvalue weighted by atomic mass is 16.5. The van der Waals surface area contributed by atoms with Gasteiger partial charge in [0.2, 0.25) is 0 Å². The molecule has 0 bridgehead atoms. The first-order chi connectivity index (χ1) is 11.4. The van der Waals surface area contributed by atoms with Crippen molar-refractivity contribution in [3.05, 3.63) is 28.8 Å². The number of nitrogens with one attached hydrogen (secondary N) is 1. The van der Waals surface area contributed by atoms with E-state index in [0.29, 0.717) is 0 Å². The van der Waals surface area contributed by atoms with Crippen LogP contribution < -0.4 is 10.1 Å². The molecule has 0 aromatic heterocycles. The van der Waals surface area contributed by atoms with Crippen molar-refractivity contribution in [2.24, 2.45) is 5.92 Å². The number of benzene rings is 1. The molecule has 2 rings (SSSR count). The maximum absolute atomic E-state index is 12.3. The van der Waals surface area contributed by atoms with Gasteiger partial charge in [0.1, 0.15) is 5.75 Å². The Morgan fingerprint density at radius 3 is 2.62 bits per heavy atom. The van der Waals surface area contributed by atoms with Crippen LogP contribution in [0.15, 0.2) is 12.1 Å². The van der Waals surface area contributed by atoms with Gasteiger partial charge in [0.25, 0.3) is 5.91 Å². The fourth-order valence-electron chi connectivity index (χ4n) is 3.26. The van der Waals surface area contributed by atoms with Crippen molar-refractivity contribution < 1.29 is 9.53 Å². The first kappa shape index (κ1) is 18.8. The SMILES string of the molecule is Cc1cc(C)c(C)c(O[C@@H](C)C(=O)NCCC2CCN(C)CC2)c1. The van der Waals surface area contributed by atoms with Crippen molar-refractivity contribution in [1.29, 1.82) is 0 Å². The van der Waals surface area contributed by atoms with Gasteiger partial charge < -0.3 is 15.0 Å². The Hall–Kier alpha value is -1.55. The lowest BCUT2D eigenvalue weighted by Gasteiger charge is -2.29. The minimum Gasteiger partial charge on any atom is -0.481 e. The molecule has 1 atom stereocenters. The maximum Gasteiger partial charge on any atom is 0.260 e. The highest BCUT2D eigenvalue weighted by molar-refractivity contribution is 5.80. The van der Waals surface area contributed by atoms with Gasteiger partial charge in [0.05, 0.1) is 0 Å². The molecule has 0 spiro atoms. The smallest absolute Gasteiger partial charge is 0.260 e. The molecule has 1 N–H and O–H groups in total. The number of rotatable bonds is 6. The minimum atomic E-state index is -0.470. The zero-order valence-electron chi connectivity index (χ0n) is 15.8. The van der Waals surface area contributed by atoms with Crippen LogP contribution in [0.25, 0.3) is 0 Å². The van der Waals surface area contributed by atoms with E-state index in [1.807, 2.05) is 26.8 Å². The molecule has 1 aromatic rings. The fraction of sp³-hybridized carbons (Fsp3) is 0.650. The topological polar surface area (TPSA) is 41.6 Å². The first-order valence-electron chi connectivity index (χ1n) is 9.07. The van der Waals surface area contributed by atoms with Gasteiger partial charge in [-0.3, -0.25) is 4.79 Å². The lowest BCUT2D eigenvalue weighted by Crippen LogP contribution is -2.38. The third-order valence-electron chi connectivity index (χ3n) is 5.13. The summed E-state index contributed by atoms with van der Waals surface area (Å²) in [6, 6.07) is 4.14. The van der Waals surface area contributed by atoms with Crippen LogP contribution in [0.3, 0.4) is 0 Å². The number of hydrogen-bond acceptors (Lipinski definition) is 3. The molecule has 1 aliphatic rings. The molecule has 1 heterocycles. The Balaban J connectivity index is 1.78. The van der Waals surface area contributed by atoms with Crippen LogP contribution in [0.2, 0.25) is 0 Å². The van der Waals surface area contributed by atoms with Gasteiger partial charge in [-0.25, -0.2) is 0 Å². The number of likely N-dealkylation sites (tertiary alicyclic amines) is 1. The van der Waals surface area contributed by atoms with E-state index in [1.54, 1.807) is 0 Å². The van der Waals surface area contributed by atoms with Crippen LogP contribution in [0.1, 0.15) is 42.9 Å². The number of ether oxygens (including phenoxy) is 1. The zero-order chi connectivity index (χ0) is 17.7. The van der Waals surface area contributed by atoms with E-state index in [1.165, 1.54) is 31.5 Å². The summed E-state index contributed by atoms with van der Waals surface area (Å²) in [5.74, 6) is 1.52. The summed E-state index contributed by atoms with van der Waals surface area (Å²) in [5.41, 5.74) is 3.45. The van der Waals surface area contributed by atoms with Crippen LogP contribution >= 0.6 is 0 Å². The van der Waals surface area contributed by atoms with Gasteiger partial charge >= 0.3 is 0 Å². The molecule has 4 heteroatoms. The number of amides is 1. The molecular formula is C20H32N2O2. The Labute approximate surface area is 146 Å². The Morgan fingerprint density at radius 2 is 1.96 bits per heavy atom. The number of aryl methyl sites for hydroxylation is 2. The molecular weight excluding hydrogens is 300 g/mol. The second kappa shape index (κ2) is 8.52. The van der Waals surface area contributed by atoms with Gasteiger partial charge in [-0.1, -0.05) is 6.07 Å². The molecule has 0 aliphatic carbocycles. The summed E-state index contributed by atoms with van der Waals surface area (Å²) in [7, 11) is 2.17. The summed E-state index contributed by atoms with van der Waals surface area (Å²) in [6.45, 7) is 11.1. The molecule has 4 nitrogen and oxygen atoms in total. The van der Waals surface area contributed by atoms with Gasteiger partial charge in [0, 0.05) is 6.54 Å². The normalized spacial score (nSPS) is 17.5. The summed E-state index contributed by atoms with van der Waals surface area (Å²) < 4.78 is 5.91. The van der Waals surface area contributed by atoms with E-state index in [-0.39, 0.29) is 5.91 Å². The summed E-state index contributed by atoms with van der Waals surface area (Å²) in [4.78, 5) is 14.7. The number of hydrogen-bond donors (Lipinski definition) is 1. The summed E-state index contributed by atoms with van der Waals surface area (Å²) in [6.07, 6.45) is 3.07. The van der Waals surface area contributed by atoms with E-state index in [9.17, 15) is 4.79 Å². The molecule has 0 unspecified atom stereocenters. The van der Waals surface area contributed by atoms with Crippen LogP contribution in [0.5, 0.6) is 5.75 Å². The highest BCUT2D eigenvalue weighted by Crippen LogP contribution is 2.24. The monoisotopic (exact) mass is 332 g/mol. The highest BCUT2D eigenvalue weighted by Gasteiger charge is 2.19. The van der Waals surface area contributed by atoms with Gasteiger partial charge in [-0.2, -0.15) is 0 Å². The van der Waals surface area contributed by atoms with Crippen molar-refractivity contribution in [2.45, 2.75) is 53.1 Å². The predicted molar refractivity (Wildman–Crippen MR) is 98.6 cm³/mol. The molecule has 134 valence electrons. The molecule has 1 aromatic carbocycles. The van der Waals surface area contributed by atoms with E-state index in [0.717, 1.165) is 35.8 Å². The second-order valence-electron chi connectivity index (χ2n) is 7.29. The molecule has 1 amide bonds. The Morgan fingerprint density at radius 1 is 1.29 bits per heavy atom. The van der Waals surface area contributed by atoms with E-state index < -0.39 is 6.10 Å². The van der Waals surface area contributed by atoms with Crippen LogP contribution in [0.4, 0.5) is 0 Å². The van der Waals surface area contributed by atoms with Crippen LogP contribution in [0, 0.1) is 26.7 Å². The van der Waals surface area contributed by atoms with Gasteiger partial charge in [-0.15, -0.1) is 0 Å². The van der Waals surface area contributed by atoms with E-state index in [4.69, 9.17) is 4.74 Å². The second-order valence-corrected chi connectivity index (χ2v) is 7.29. The molecule has 1 saturated heterocycles.